The highest BCUT2D eigenvalue weighted by Crippen LogP contribution is 2.14. The third-order valence-electron chi connectivity index (χ3n) is 3.86. The third kappa shape index (κ3) is 4.32. The molecule has 7 heteroatoms. The number of nitrogens with one attached hydrogen (secondary N) is 2. The van der Waals surface area contributed by atoms with E-state index in [0.717, 1.165) is 17.5 Å². The van der Waals surface area contributed by atoms with E-state index < -0.39 is 10.0 Å². The molecule has 3 aromatic rings. The van der Waals surface area contributed by atoms with Crippen LogP contribution in [0.3, 0.4) is 0 Å². The van der Waals surface area contributed by atoms with E-state index in [4.69, 9.17) is 0 Å². The van der Waals surface area contributed by atoms with Gasteiger partial charge in [-0.3, -0.25) is 5.10 Å². The van der Waals surface area contributed by atoms with Crippen LogP contribution < -0.4 is 4.72 Å². The predicted octanol–water partition coefficient (Wildman–Crippen LogP) is 2.56. The number of rotatable bonds is 7. The first kappa shape index (κ1) is 17.3. The van der Waals surface area contributed by atoms with E-state index in [1.165, 1.54) is 0 Å². The Bertz CT molecular complexity index is 919. The summed E-state index contributed by atoms with van der Waals surface area (Å²) in [5.74, 6) is 1.25. The zero-order valence-electron chi connectivity index (χ0n) is 13.9. The van der Waals surface area contributed by atoms with Gasteiger partial charge in [-0.15, -0.1) is 0 Å². The number of aromatic amines is 1. The van der Waals surface area contributed by atoms with Crippen LogP contribution in [0, 0.1) is 0 Å². The number of H-pyrrole nitrogens is 1. The Kier molecular flexibility index (Phi) is 5.25. The lowest BCUT2D eigenvalue weighted by molar-refractivity contribution is 0.581. The van der Waals surface area contributed by atoms with Crippen molar-refractivity contribution in [1.29, 1.82) is 0 Å². The number of sulfonamides is 1. The molecular formula is C18H20N4O2S. The van der Waals surface area contributed by atoms with Crippen molar-refractivity contribution < 1.29 is 8.42 Å². The number of nitrogens with zero attached hydrogens (tertiary/aromatic N) is 2. The summed E-state index contributed by atoms with van der Waals surface area (Å²) in [7, 11) is -3.51. The van der Waals surface area contributed by atoms with E-state index in [2.05, 4.69) is 19.9 Å². The maximum absolute atomic E-state index is 12.3. The molecule has 0 amide bonds. The van der Waals surface area contributed by atoms with Crippen molar-refractivity contribution >= 4 is 10.0 Å². The smallest absolute Gasteiger partial charge is 0.240 e. The van der Waals surface area contributed by atoms with Gasteiger partial charge >= 0.3 is 0 Å². The Labute approximate surface area is 147 Å². The van der Waals surface area contributed by atoms with Gasteiger partial charge in [-0.05, 0) is 24.1 Å². The van der Waals surface area contributed by atoms with Gasteiger partial charge in [-0.1, -0.05) is 49.4 Å². The molecule has 0 aliphatic rings. The maximum atomic E-state index is 12.3. The topological polar surface area (TPSA) is 87.7 Å². The molecule has 2 aromatic carbocycles. The molecule has 0 atom stereocenters. The minimum atomic E-state index is -3.51. The fourth-order valence-corrected chi connectivity index (χ4v) is 3.45. The van der Waals surface area contributed by atoms with Crippen molar-refractivity contribution in [2.45, 2.75) is 24.7 Å². The molecule has 1 aromatic heterocycles. The second kappa shape index (κ2) is 7.58. The van der Waals surface area contributed by atoms with Gasteiger partial charge < -0.3 is 0 Å². The molecule has 0 bridgehead atoms. The van der Waals surface area contributed by atoms with Gasteiger partial charge in [-0.2, -0.15) is 5.10 Å². The summed E-state index contributed by atoms with van der Waals surface area (Å²) >= 11 is 0. The first-order valence-electron chi connectivity index (χ1n) is 8.14. The molecule has 0 spiro atoms. The van der Waals surface area contributed by atoms with Crippen LogP contribution in [0.2, 0.25) is 0 Å². The van der Waals surface area contributed by atoms with Gasteiger partial charge in [0.25, 0.3) is 0 Å². The minimum absolute atomic E-state index is 0.251. The molecule has 1 heterocycles. The van der Waals surface area contributed by atoms with E-state index in [1.807, 2.05) is 49.4 Å². The molecule has 0 unspecified atom stereocenters. The van der Waals surface area contributed by atoms with Gasteiger partial charge in [0.15, 0.2) is 5.82 Å². The lowest BCUT2D eigenvalue weighted by Crippen LogP contribution is -2.26. The number of hydrogen-bond donors (Lipinski definition) is 2. The molecule has 6 nitrogen and oxygen atoms in total. The summed E-state index contributed by atoms with van der Waals surface area (Å²) in [6.07, 6.45) is 1.31. The Morgan fingerprint density at radius 2 is 1.76 bits per heavy atom. The summed E-state index contributed by atoms with van der Waals surface area (Å²) in [6, 6.07) is 16.5. The van der Waals surface area contributed by atoms with Gasteiger partial charge in [0.2, 0.25) is 10.0 Å². The monoisotopic (exact) mass is 356 g/mol. The normalized spacial score (nSPS) is 11.6. The first-order valence-corrected chi connectivity index (χ1v) is 9.62. The van der Waals surface area contributed by atoms with Crippen LogP contribution in [0.5, 0.6) is 0 Å². The molecule has 25 heavy (non-hydrogen) atoms. The molecule has 2 N–H and O–H groups in total. The molecule has 0 saturated carbocycles. The highest BCUT2D eigenvalue weighted by molar-refractivity contribution is 7.89. The Morgan fingerprint density at radius 3 is 2.44 bits per heavy atom. The van der Waals surface area contributed by atoms with Crippen molar-refractivity contribution in [3.05, 3.63) is 66.0 Å². The lowest BCUT2D eigenvalue weighted by Gasteiger charge is -2.06. The van der Waals surface area contributed by atoms with Crippen LogP contribution in [0.15, 0.2) is 59.5 Å². The molecule has 0 fully saturated rings. The SMILES string of the molecule is CCc1ccc(S(=O)(=O)NCCc2nc(-c3ccccc3)n[nH]2)cc1. The quantitative estimate of drug-likeness (QED) is 0.681. The average Bonchev–Trinajstić information content (AvgIpc) is 3.11. The zero-order valence-corrected chi connectivity index (χ0v) is 14.8. The molecule has 3 rings (SSSR count). The van der Waals surface area contributed by atoms with Gasteiger partial charge in [0.1, 0.15) is 5.82 Å². The summed E-state index contributed by atoms with van der Waals surface area (Å²) in [4.78, 5) is 4.66. The van der Waals surface area contributed by atoms with Gasteiger partial charge in [-0.25, -0.2) is 18.1 Å². The van der Waals surface area contributed by atoms with Crippen molar-refractivity contribution in [3.63, 3.8) is 0 Å². The summed E-state index contributed by atoms with van der Waals surface area (Å²) in [5, 5.41) is 7.01. The van der Waals surface area contributed by atoms with E-state index in [-0.39, 0.29) is 11.4 Å². The Hall–Kier alpha value is -2.51. The average molecular weight is 356 g/mol. The van der Waals surface area contributed by atoms with E-state index in [9.17, 15) is 8.42 Å². The first-order chi connectivity index (χ1) is 12.1. The molecule has 0 radical (unpaired) electrons. The fraction of sp³-hybridized carbons (Fsp3) is 0.222. The number of aromatic nitrogens is 3. The Morgan fingerprint density at radius 1 is 1.04 bits per heavy atom. The summed E-state index contributed by atoms with van der Waals surface area (Å²) in [5.41, 5.74) is 2.02. The summed E-state index contributed by atoms with van der Waals surface area (Å²) in [6.45, 7) is 2.28. The second-order valence-corrected chi connectivity index (χ2v) is 7.38. The van der Waals surface area contributed by atoms with Crippen LogP contribution >= 0.6 is 0 Å². The fourth-order valence-electron chi connectivity index (χ4n) is 2.41. The van der Waals surface area contributed by atoms with Crippen LogP contribution in [-0.4, -0.2) is 30.1 Å². The van der Waals surface area contributed by atoms with E-state index >= 15 is 0 Å². The minimum Gasteiger partial charge on any atom is -0.263 e. The molecular weight excluding hydrogens is 336 g/mol. The van der Waals surface area contributed by atoms with E-state index in [1.54, 1.807) is 12.1 Å². The van der Waals surface area contributed by atoms with Crippen LogP contribution in [0.25, 0.3) is 11.4 Å². The van der Waals surface area contributed by atoms with E-state index in [0.29, 0.717) is 18.1 Å². The third-order valence-corrected chi connectivity index (χ3v) is 5.34. The van der Waals surface area contributed by atoms with Crippen LogP contribution in [0.4, 0.5) is 0 Å². The number of benzene rings is 2. The molecule has 0 saturated heterocycles. The molecule has 0 aliphatic carbocycles. The molecule has 130 valence electrons. The van der Waals surface area contributed by atoms with Crippen molar-refractivity contribution in [3.8, 4) is 11.4 Å². The predicted molar refractivity (Wildman–Crippen MR) is 96.5 cm³/mol. The number of hydrogen-bond acceptors (Lipinski definition) is 4. The molecule has 0 aliphatic heterocycles. The Balaban J connectivity index is 1.59. The van der Waals surface area contributed by atoms with Gasteiger partial charge in [0.05, 0.1) is 4.90 Å². The zero-order chi connectivity index (χ0) is 17.7. The van der Waals surface area contributed by atoms with Gasteiger partial charge in [0, 0.05) is 18.5 Å². The lowest BCUT2D eigenvalue weighted by atomic mass is 10.2. The standard InChI is InChI=1S/C18H20N4O2S/c1-2-14-8-10-16(11-9-14)25(23,24)19-13-12-17-20-18(22-21-17)15-6-4-3-5-7-15/h3-11,19H,2,12-13H2,1H3,(H,20,21,22). The maximum Gasteiger partial charge on any atom is 0.240 e. The highest BCUT2D eigenvalue weighted by Gasteiger charge is 2.13. The number of aryl methyl sites for hydroxylation is 1. The van der Waals surface area contributed by atoms with Crippen LogP contribution in [-0.2, 0) is 22.9 Å². The van der Waals surface area contributed by atoms with Crippen LogP contribution in [0.1, 0.15) is 18.3 Å². The highest BCUT2D eigenvalue weighted by atomic mass is 32.2. The van der Waals surface area contributed by atoms with Crippen molar-refractivity contribution in [1.82, 2.24) is 19.9 Å². The summed E-state index contributed by atoms with van der Waals surface area (Å²) < 4.78 is 27.2. The van der Waals surface area contributed by atoms with Crippen molar-refractivity contribution in [2.75, 3.05) is 6.54 Å². The largest absolute Gasteiger partial charge is 0.263 e. The second-order valence-electron chi connectivity index (χ2n) is 5.62. The van der Waals surface area contributed by atoms with Crippen molar-refractivity contribution in [2.24, 2.45) is 0 Å².